The topological polar surface area (TPSA) is 47.8 Å². The van der Waals surface area contributed by atoms with Crippen molar-refractivity contribution in [3.8, 4) is 11.4 Å². The molecule has 0 saturated heterocycles. The molecule has 0 aliphatic rings. The fourth-order valence-corrected chi connectivity index (χ4v) is 2.80. The summed E-state index contributed by atoms with van der Waals surface area (Å²) in [6.45, 7) is 6.00. The second-order valence-corrected chi connectivity index (χ2v) is 5.74. The van der Waals surface area contributed by atoms with Gasteiger partial charge in [0.05, 0.1) is 23.0 Å². The molecule has 0 spiro atoms. The standard InChI is InChI=1S/C15H18N4OS/c1-9(2)20-13-7-5-6-11-14(13)16-15(21)19(11)12-8-18(4)17-10(12)3/h5-9H,1-4H3,(H,16,21). The van der Waals surface area contributed by atoms with Crippen LogP contribution in [0.15, 0.2) is 24.4 Å². The van der Waals surface area contributed by atoms with Crippen LogP contribution in [0.25, 0.3) is 16.7 Å². The summed E-state index contributed by atoms with van der Waals surface area (Å²) in [7, 11) is 1.91. The number of aryl methyl sites for hydroxylation is 2. The molecule has 6 heteroatoms. The average molecular weight is 302 g/mol. The summed E-state index contributed by atoms with van der Waals surface area (Å²) in [6, 6.07) is 5.96. The molecule has 0 fully saturated rings. The Hall–Kier alpha value is -2.08. The molecule has 2 heterocycles. The number of aromatic amines is 1. The van der Waals surface area contributed by atoms with E-state index in [1.54, 1.807) is 4.68 Å². The Morgan fingerprint density at radius 3 is 2.71 bits per heavy atom. The van der Waals surface area contributed by atoms with Crippen molar-refractivity contribution in [2.45, 2.75) is 26.9 Å². The molecule has 0 atom stereocenters. The van der Waals surface area contributed by atoms with Crippen LogP contribution < -0.4 is 4.74 Å². The molecular weight excluding hydrogens is 284 g/mol. The van der Waals surface area contributed by atoms with E-state index >= 15 is 0 Å². The number of nitrogens with zero attached hydrogens (tertiary/aromatic N) is 3. The third-order valence-electron chi connectivity index (χ3n) is 3.27. The Bertz CT molecular complexity index is 856. The highest BCUT2D eigenvalue weighted by Crippen LogP contribution is 2.28. The number of imidazole rings is 1. The summed E-state index contributed by atoms with van der Waals surface area (Å²) in [4.78, 5) is 3.25. The van der Waals surface area contributed by atoms with Gasteiger partial charge in [0.1, 0.15) is 11.3 Å². The molecule has 21 heavy (non-hydrogen) atoms. The summed E-state index contributed by atoms with van der Waals surface area (Å²) in [5.41, 5.74) is 3.83. The quantitative estimate of drug-likeness (QED) is 0.753. The fraction of sp³-hybridized carbons (Fsp3) is 0.333. The van der Waals surface area contributed by atoms with Gasteiger partial charge in [-0.15, -0.1) is 0 Å². The smallest absolute Gasteiger partial charge is 0.182 e. The Morgan fingerprint density at radius 2 is 2.10 bits per heavy atom. The lowest BCUT2D eigenvalue weighted by atomic mass is 10.2. The van der Waals surface area contributed by atoms with E-state index in [-0.39, 0.29) is 6.10 Å². The normalized spacial score (nSPS) is 11.5. The number of aromatic nitrogens is 4. The number of fused-ring (bicyclic) bond motifs is 1. The highest BCUT2D eigenvalue weighted by Gasteiger charge is 2.14. The Labute approximate surface area is 128 Å². The largest absolute Gasteiger partial charge is 0.489 e. The molecule has 1 aromatic carbocycles. The van der Waals surface area contributed by atoms with Gasteiger partial charge in [-0.1, -0.05) is 6.07 Å². The van der Waals surface area contributed by atoms with Crippen LogP contribution >= 0.6 is 12.2 Å². The first-order chi connectivity index (χ1) is 9.97. The minimum Gasteiger partial charge on any atom is -0.489 e. The van der Waals surface area contributed by atoms with Crippen molar-refractivity contribution < 1.29 is 4.74 Å². The molecule has 3 rings (SSSR count). The maximum Gasteiger partial charge on any atom is 0.182 e. The van der Waals surface area contributed by atoms with Crippen LogP contribution in [0.2, 0.25) is 0 Å². The van der Waals surface area contributed by atoms with Gasteiger partial charge in [0.15, 0.2) is 4.77 Å². The molecule has 0 radical (unpaired) electrons. The van der Waals surface area contributed by atoms with Gasteiger partial charge in [0.25, 0.3) is 0 Å². The van der Waals surface area contributed by atoms with E-state index in [4.69, 9.17) is 17.0 Å². The summed E-state index contributed by atoms with van der Waals surface area (Å²) >= 11 is 5.49. The maximum absolute atomic E-state index is 5.86. The zero-order valence-electron chi connectivity index (χ0n) is 12.5. The van der Waals surface area contributed by atoms with Gasteiger partial charge >= 0.3 is 0 Å². The number of rotatable bonds is 3. The van der Waals surface area contributed by atoms with E-state index in [0.29, 0.717) is 4.77 Å². The predicted molar refractivity (Wildman–Crippen MR) is 85.7 cm³/mol. The highest BCUT2D eigenvalue weighted by molar-refractivity contribution is 7.71. The third kappa shape index (κ3) is 2.35. The van der Waals surface area contributed by atoms with E-state index in [0.717, 1.165) is 28.2 Å². The first-order valence-corrected chi connectivity index (χ1v) is 7.29. The van der Waals surface area contributed by atoms with Crippen molar-refractivity contribution in [1.82, 2.24) is 19.3 Å². The first-order valence-electron chi connectivity index (χ1n) is 6.88. The number of H-pyrrole nitrogens is 1. The van der Waals surface area contributed by atoms with Gasteiger partial charge in [0, 0.05) is 13.2 Å². The first kappa shape index (κ1) is 13.9. The zero-order chi connectivity index (χ0) is 15.1. The molecule has 0 bridgehead atoms. The van der Waals surface area contributed by atoms with Crippen LogP contribution in [0.4, 0.5) is 0 Å². The molecule has 0 amide bonds. The number of benzene rings is 1. The molecule has 0 unspecified atom stereocenters. The fourth-order valence-electron chi connectivity index (χ4n) is 2.50. The van der Waals surface area contributed by atoms with Gasteiger partial charge in [-0.25, -0.2) is 0 Å². The van der Waals surface area contributed by atoms with E-state index in [9.17, 15) is 0 Å². The van der Waals surface area contributed by atoms with Crippen LogP contribution in [-0.2, 0) is 7.05 Å². The number of nitrogens with one attached hydrogen (secondary N) is 1. The van der Waals surface area contributed by atoms with E-state index in [1.807, 2.05) is 56.8 Å². The molecule has 5 nitrogen and oxygen atoms in total. The van der Waals surface area contributed by atoms with Crippen LogP contribution in [0, 0.1) is 11.7 Å². The van der Waals surface area contributed by atoms with Gasteiger partial charge in [-0.2, -0.15) is 5.10 Å². The summed E-state index contributed by atoms with van der Waals surface area (Å²) < 4.78 is 10.3. The molecule has 0 aliphatic carbocycles. The van der Waals surface area contributed by atoms with Crippen LogP contribution in [0.5, 0.6) is 5.75 Å². The molecule has 0 saturated carbocycles. The third-order valence-corrected chi connectivity index (χ3v) is 3.56. The highest BCUT2D eigenvalue weighted by atomic mass is 32.1. The van der Waals surface area contributed by atoms with Gasteiger partial charge in [-0.05, 0) is 45.1 Å². The van der Waals surface area contributed by atoms with Crippen molar-refractivity contribution >= 4 is 23.3 Å². The van der Waals surface area contributed by atoms with E-state index in [1.165, 1.54) is 0 Å². The Morgan fingerprint density at radius 1 is 1.33 bits per heavy atom. The summed E-state index contributed by atoms with van der Waals surface area (Å²) in [6.07, 6.45) is 2.08. The van der Waals surface area contributed by atoms with Crippen molar-refractivity contribution in [2.24, 2.45) is 7.05 Å². The van der Waals surface area contributed by atoms with Crippen molar-refractivity contribution in [1.29, 1.82) is 0 Å². The lowest BCUT2D eigenvalue weighted by molar-refractivity contribution is 0.245. The second kappa shape index (κ2) is 5.04. The number of hydrogen-bond donors (Lipinski definition) is 1. The predicted octanol–water partition coefficient (Wildman–Crippen LogP) is 3.52. The molecule has 0 aliphatic heterocycles. The maximum atomic E-state index is 5.86. The lowest BCUT2D eigenvalue weighted by Crippen LogP contribution is -2.05. The molecule has 110 valence electrons. The molecular formula is C15H18N4OS. The number of ether oxygens (including phenoxy) is 1. The summed E-state index contributed by atoms with van der Waals surface area (Å²) in [5.74, 6) is 0.814. The van der Waals surface area contributed by atoms with Gasteiger partial charge in [-0.3, -0.25) is 9.25 Å². The second-order valence-electron chi connectivity index (χ2n) is 5.36. The van der Waals surface area contributed by atoms with E-state index < -0.39 is 0 Å². The Balaban J connectivity index is 2.28. The zero-order valence-corrected chi connectivity index (χ0v) is 13.4. The summed E-state index contributed by atoms with van der Waals surface area (Å²) in [5, 5.41) is 4.39. The number of para-hydroxylation sites is 1. The van der Waals surface area contributed by atoms with Crippen LogP contribution in [-0.4, -0.2) is 25.4 Å². The van der Waals surface area contributed by atoms with Gasteiger partial charge in [0.2, 0.25) is 0 Å². The van der Waals surface area contributed by atoms with Crippen LogP contribution in [0.3, 0.4) is 0 Å². The Kier molecular flexibility index (Phi) is 3.33. The number of hydrogen-bond acceptors (Lipinski definition) is 3. The lowest BCUT2D eigenvalue weighted by Gasteiger charge is -2.10. The average Bonchev–Trinajstić information content (AvgIpc) is 2.88. The van der Waals surface area contributed by atoms with Crippen molar-refractivity contribution in [3.63, 3.8) is 0 Å². The molecule has 3 aromatic rings. The van der Waals surface area contributed by atoms with E-state index in [2.05, 4.69) is 10.1 Å². The minimum absolute atomic E-state index is 0.112. The van der Waals surface area contributed by atoms with Crippen LogP contribution in [0.1, 0.15) is 19.5 Å². The van der Waals surface area contributed by atoms with Gasteiger partial charge < -0.3 is 9.72 Å². The molecule has 1 N–H and O–H groups in total. The minimum atomic E-state index is 0.112. The molecule has 2 aromatic heterocycles. The monoisotopic (exact) mass is 302 g/mol. The van der Waals surface area contributed by atoms with Crippen molar-refractivity contribution in [2.75, 3.05) is 0 Å². The SMILES string of the molecule is Cc1nn(C)cc1-n1c(=S)[nH]c2c(OC(C)C)cccc21. The van der Waals surface area contributed by atoms with Crippen molar-refractivity contribution in [3.05, 3.63) is 34.9 Å².